The summed E-state index contributed by atoms with van der Waals surface area (Å²) in [6.07, 6.45) is -4.56. The Morgan fingerprint density at radius 2 is 1.45 bits per heavy atom. The van der Waals surface area contributed by atoms with E-state index in [4.69, 9.17) is 0 Å². The molecule has 0 N–H and O–H groups in total. The molecule has 0 amide bonds. The molecule has 0 saturated heterocycles. The maximum absolute atomic E-state index is 12.4. The number of benzene rings is 3. The maximum Gasteiger partial charge on any atom is 0.422 e. The van der Waals surface area contributed by atoms with Crippen molar-refractivity contribution in [1.82, 2.24) is 0 Å². The number of hydrogen-bond acceptors (Lipinski definition) is 2. The Morgan fingerprint density at radius 3 is 2.07 bits per heavy atom. The number of carbonyl (C=O) groups excluding carboxylic acids is 1. The molecule has 6 heteroatoms. The first-order chi connectivity index (χ1) is 13.7. The minimum atomic E-state index is -4.56. The van der Waals surface area contributed by atoms with Crippen molar-refractivity contribution >= 4 is 16.9 Å². The van der Waals surface area contributed by atoms with Crippen molar-refractivity contribution in [3.8, 4) is 0 Å². The van der Waals surface area contributed by atoms with Gasteiger partial charge in [-0.25, -0.2) is 4.79 Å². The first-order valence-corrected chi connectivity index (χ1v) is 10.2. The number of rotatable bonds is 5. The maximum atomic E-state index is 12.4. The van der Waals surface area contributed by atoms with Gasteiger partial charge in [-0.05, 0) is 49.7 Å². The van der Waals surface area contributed by atoms with Crippen LogP contribution in [-0.4, -0.2) is 18.8 Å². The molecule has 2 nitrogen and oxygen atoms in total. The van der Waals surface area contributed by atoms with Crippen LogP contribution < -0.4 is 0 Å². The van der Waals surface area contributed by atoms with Gasteiger partial charge < -0.3 is 4.74 Å². The fraction of sp³-hybridized carbons (Fsp3) is 0.174. The molecule has 0 aliphatic rings. The second-order valence-electron chi connectivity index (χ2n) is 6.60. The molecule has 1 atom stereocenters. The molecule has 3 rings (SSSR count). The molecule has 0 bridgehead atoms. The monoisotopic (exact) mass is 417 g/mol. The van der Waals surface area contributed by atoms with Gasteiger partial charge in [0, 0.05) is 6.07 Å². The topological polar surface area (TPSA) is 26.3 Å². The number of ether oxygens (including phenoxy) is 1. The van der Waals surface area contributed by atoms with Crippen LogP contribution in [0.4, 0.5) is 13.2 Å². The lowest BCUT2D eigenvalue weighted by atomic mass is 10.1. The van der Waals surface area contributed by atoms with Gasteiger partial charge in [0.25, 0.3) is 0 Å². The van der Waals surface area contributed by atoms with Gasteiger partial charge in [0.1, 0.15) is 0 Å². The zero-order valence-corrected chi connectivity index (χ0v) is 16.8. The van der Waals surface area contributed by atoms with E-state index in [1.54, 1.807) is 19.1 Å². The first kappa shape index (κ1) is 21.0. The van der Waals surface area contributed by atoms with E-state index >= 15 is 0 Å². The summed E-state index contributed by atoms with van der Waals surface area (Å²) in [5.74, 6) is -0.970. The molecule has 3 aromatic carbocycles. The third-order valence-corrected chi connectivity index (χ3v) is 6.48. The number of hydrogen-bond donors (Lipinski definition) is 0. The summed E-state index contributed by atoms with van der Waals surface area (Å²) >= 11 is 0. The van der Waals surface area contributed by atoms with Gasteiger partial charge in [-0.2, -0.15) is 13.2 Å². The van der Waals surface area contributed by atoms with E-state index < -0.39 is 29.6 Å². The Balaban J connectivity index is 2.02. The molecule has 0 aliphatic heterocycles. The third-order valence-electron chi connectivity index (χ3n) is 4.27. The molecular formula is C23H20F3O2S+. The van der Waals surface area contributed by atoms with Crippen molar-refractivity contribution < 1.29 is 22.7 Å². The van der Waals surface area contributed by atoms with Gasteiger partial charge in [0.05, 0.1) is 16.5 Å². The average Bonchev–Trinajstić information content (AvgIpc) is 2.69. The lowest BCUT2D eigenvalue weighted by Crippen LogP contribution is -2.21. The molecular weight excluding hydrogens is 397 g/mol. The number of alkyl halides is 3. The highest BCUT2D eigenvalue weighted by Gasteiger charge is 2.32. The molecule has 150 valence electrons. The Morgan fingerprint density at radius 1 is 0.862 bits per heavy atom. The number of aryl methyl sites for hydroxylation is 2. The molecule has 0 fully saturated rings. The first-order valence-electron chi connectivity index (χ1n) is 8.95. The Hall–Kier alpha value is -2.73. The Bertz CT molecular complexity index is 983. The molecule has 0 aliphatic carbocycles. The van der Waals surface area contributed by atoms with E-state index in [1.165, 1.54) is 0 Å². The van der Waals surface area contributed by atoms with E-state index in [2.05, 4.69) is 4.74 Å². The summed E-state index contributed by atoms with van der Waals surface area (Å²) in [5.41, 5.74) is 1.85. The lowest BCUT2D eigenvalue weighted by Gasteiger charge is -2.12. The molecule has 0 spiro atoms. The lowest BCUT2D eigenvalue weighted by molar-refractivity contribution is -0.161. The van der Waals surface area contributed by atoms with Gasteiger partial charge in [0.15, 0.2) is 21.3 Å². The smallest absolute Gasteiger partial charge is 0.422 e. The molecule has 0 saturated carbocycles. The molecule has 1 unspecified atom stereocenters. The predicted molar refractivity (Wildman–Crippen MR) is 107 cm³/mol. The summed E-state index contributed by atoms with van der Waals surface area (Å²) in [4.78, 5) is 15.2. The minimum absolute atomic E-state index is 0.146. The normalized spacial score (nSPS) is 12.4. The Kier molecular flexibility index (Phi) is 6.33. The van der Waals surface area contributed by atoms with Crippen LogP contribution in [0.1, 0.15) is 21.5 Å². The van der Waals surface area contributed by atoms with Crippen LogP contribution in [0.25, 0.3) is 0 Å². The average molecular weight is 417 g/mol. The predicted octanol–water partition coefficient (Wildman–Crippen LogP) is 6.12. The van der Waals surface area contributed by atoms with Crippen LogP contribution in [0.3, 0.4) is 0 Å². The van der Waals surface area contributed by atoms with Gasteiger partial charge in [0.2, 0.25) is 0 Å². The SMILES string of the molecule is Cc1ccc([S+](c2ccccc2)c2ccc(C)c(C(=O)OCC(F)(F)F)c2)cc1. The minimum Gasteiger partial charge on any atom is -0.452 e. The summed E-state index contributed by atoms with van der Waals surface area (Å²) in [6, 6.07) is 23.2. The second-order valence-corrected chi connectivity index (χ2v) is 8.63. The van der Waals surface area contributed by atoms with Crippen molar-refractivity contribution in [3.63, 3.8) is 0 Å². The highest BCUT2D eigenvalue weighted by Crippen LogP contribution is 2.32. The van der Waals surface area contributed by atoms with Crippen LogP contribution in [0.2, 0.25) is 0 Å². The van der Waals surface area contributed by atoms with E-state index in [1.807, 2.05) is 67.6 Å². The van der Waals surface area contributed by atoms with Crippen molar-refractivity contribution in [2.45, 2.75) is 34.7 Å². The summed E-state index contributed by atoms with van der Waals surface area (Å²) < 4.78 is 41.8. The molecule has 0 heterocycles. The molecule has 3 aromatic rings. The van der Waals surface area contributed by atoms with E-state index in [9.17, 15) is 18.0 Å². The number of carbonyl (C=O) groups is 1. The van der Waals surface area contributed by atoms with Gasteiger partial charge >= 0.3 is 12.1 Å². The zero-order chi connectivity index (χ0) is 21.0. The highest BCUT2D eigenvalue weighted by molar-refractivity contribution is 7.97. The molecule has 29 heavy (non-hydrogen) atoms. The van der Waals surface area contributed by atoms with Crippen molar-refractivity contribution in [2.24, 2.45) is 0 Å². The number of halogens is 3. The fourth-order valence-electron chi connectivity index (χ4n) is 2.81. The van der Waals surface area contributed by atoms with Crippen molar-refractivity contribution in [1.29, 1.82) is 0 Å². The van der Waals surface area contributed by atoms with Gasteiger partial charge in [-0.1, -0.05) is 42.0 Å². The summed E-state index contributed by atoms with van der Waals surface area (Å²) in [7, 11) is -0.509. The Labute approximate surface area is 170 Å². The van der Waals surface area contributed by atoms with E-state index in [0.717, 1.165) is 20.2 Å². The quantitative estimate of drug-likeness (QED) is 0.369. The highest BCUT2D eigenvalue weighted by atomic mass is 32.2. The van der Waals surface area contributed by atoms with E-state index in [0.29, 0.717) is 5.56 Å². The zero-order valence-electron chi connectivity index (χ0n) is 16.0. The van der Waals surface area contributed by atoms with Crippen LogP contribution in [0.5, 0.6) is 0 Å². The largest absolute Gasteiger partial charge is 0.452 e. The number of esters is 1. The summed E-state index contributed by atoms with van der Waals surface area (Å²) in [5, 5.41) is 0. The third kappa shape index (κ3) is 5.41. The van der Waals surface area contributed by atoms with Crippen molar-refractivity contribution in [2.75, 3.05) is 6.61 Å². The molecule has 0 aromatic heterocycles. The second kappa shape index (κ2) is 8.74. The standard InChI is InChI=1S/C23H20F3O2S/c1-16-8-11-19(12-9-16)29(18-6-4-3-5-7-18)20-13-10-17(2)21(14-20)22(27)28-15-23(24,25)26/h3-14H,15H2,1-2H3/q+1. The van der Waals surface area contributed by atoms with Crippen LogP contribution >= 0.6 is 0 Å². The van der Waals surface area contributed by atoms with Crippen LogP contribution in [0, 0.1) is 13.8 Å². The summed E-state index contributed by atoms with van der Waals surface area (Å²) in [6.45, 7) is 2.09. The van der Waals surface area contributed by atoms with Crippen molar-refractivity contribution in [3.05, 3.63) is 89.5 Å². The fourth-order valence-corrected chi connectivity index (χ4v) is 4.91. The van der Waals surface area contributed by atoms with Crippen LogP contribution in [-0.2, 0) is 15.6 Å². The van der Waals surface area contributed by atoms with Crippen LogP contribution in [0.15, 0.2) is 87.5 Å². The van der Waals surface area contributed by atoms with E-state index in [-0.39, 0.29) is 5.56 Å². The molecule has 0 radical (unpaired) electrons. The van der Waals surface area contributed by atoms with Gasteiger partial charge in [-0.3, -0.25) is 0 Å². The van der Waals surface area contributed by atoms with Gasteiger partial charge in [-0.15, -0.1) is 0 Å².